The van der Waals surface area contributed by atoms with Crippen molar-refractivity contribution in [2.75, 3.05) is 0 Å². The minimum absolute atomic E-state index is 0.312. The summed E-state index contributed by atoms with van der Waals surface area (Å²) in [7, 11) is 0. The third-order valence-corrected chi connectivity index (χ3v) is 2.52. The molecule has 0 aliphatic heterocycles. The number of hydrogen-bond acceptors (Lipinski definition) is 2. The molecule has 0 radical (unpaired) electrons. The fourth-order valence-electron chi connectivity index (χ4n) is 1.68. The van der Waals surface area contributed by atoms with Crippen LogP contribution in [0.15, 0.2) is 63.8 Å². The molecule has 2 aromatic rings. The van der Waals surface area contributed by atoms with Crippen molar-refractivity contribution in [2.45, 2.75) is 13.3 Å². The molecule has 1 aromatic carbocycles. The zero-order valence-electron chi connectivity index (χ0n) is 9.72. The molecule has 17 heavy (non-hydrogen) atoms. The van der Waals surface area contributed by atoms with Gasteiger partial charge in [0.15, 0.2) is 0 Å². The van der Waals surface area contributed by atoms with E-state index >= 15 is 0 Å². The van der Waals surface area contributed by atoms with E-state index in [1.165, 1.54) is 6.07 Å². The van der Waals surface area contributed by atoms with E-state index in [-0.39, 0.29) is 5.63 Å². The third kappa shape index (κ3) is 2.72. The summed E-state index contributed by atoms with van der Waals surface area (Å²) in [5.41, 5.74) is 1.65. The van der Waals surface area contributed by atoms with Crippen molar-refractivity contribution >= 4 is 0 Å². The lowest BCUT2D eigenvalue weighted by Gasteiger charge is -2.05. The maximum absolute atomic E-state index is 11.3. The lowest BCUT2D eigenvalue weighted by Crippen LogP contribution is -2.00. The Hall–Kier alpha value is -2.09. The van der Waals surface area contributed by atoms with Gasteiger partial charge in [0.2, 0.25) is 0 Å². The van der Waals surface area contributed by atoms with Crippen molar-refractivity contribution in [3.05, 3.63) is 70.6 Å². The molecule has 0 unspecified atom stereocenters. The highest BCUT2D eigenvalue weighted by molar-refractivity contribution is 5.60. The number of allylic oxidation sites excluding steroid dienone is 2. The van der Waals surface area contributed by atoms with Crippen LogP contribution in [0.5, 0.6) is 0 Å². The molecule has 0 aliphatic carbocycles. The molecule has 0 bridgehead atoms. The monoisotopic (exact) mass is 226 g/mol. The molecule has 1 heterocycles. The summed E-state index contributed by atoms with van der Waals surface area (Å²) in [4.78, 5) is 11.3. The van der Waals surface area contributed by atoms with E-state index in [9.17, 15) is 4.79 Å². The Balaban J connectivity index is 2.51. The Morgan fingerprint density at radius 1 is 1.12 bits per heavy atom. The van der Waals surface area contributed by atoms with E-state index in [2.05, 4.69) is 0 Å². The zero-order chi connectivity index (χ0) is 12.1. The highest BCUT2D eigenvalue weighted by atomic mass is 16.4. The minimum Gasteiger partial charge on any atom is -0.422 e. The summed E-state index contributed by atoms with van der Waals surface area (Å²) < 4.78 is 5.30. The predicted molar refractivity (Wildman–Crippen MR) is 68.9 cm³/mol. The maximum atomic E-state index is 11.3. The smallest absolute Gasteiger partial charge is 0.336 e. The van der Waals surface area contributed by atoms with E-state index in [4.69, 9.17) is 4.42 Å². The SMILES string of the molecule is C/C=C/Cc1ccc(=O)oc1-c1ccccc1. The van der Waals surface area contributed by atoms with Crippen molar-refractivity contribution < 1.29 is 4.42 Å². The Kier molecular flexibility index (Phi) is 3.55. The van der Waals surface area contributed by atoms with Gasteiger partial charge in [0.25, 0.3) is 0 Å². The largest absolute Gasteiger partial charge is 0.422 e. The van der Waals surface area contributed by atoms with Gasteiger partial charge in [0.1, 0.15) is 5.76 Å². The van der Waals surface area contributed by atoms with Crippen LogP contribution in [-0.2, 0) is 6.42 Å². The number of hydrogen-bond donors (Lipinski definition) is 0. The first-order valence-corrected chi connectivity index (χ1v) is 5.61. The first-order valence-electron chi connectivity index (χ1n) is 5.61. The Bertz CT molecular complexity index is 565. The van der Waals surface area contributed by atoms with E-state index < -0.39 is 0 Å². The Morgan fingerprint density at radius 3 is 2.59 bits per heavy atom. The first kappa shape index (κ1) is 11.4. The summed E-state index contributed by atoms with van der Waals surface area (Å²) in [5.74, 6) is 0.663. The molecule has 0 amide bonds. The molecule has 0 saturated heterocycles. The third-order valence-electron chi connectivity index (χ3n) is 2.52. The normalized spacial score (nSPS) is 10.9. The quantitative estimate of drug-likeness (QED) is 0.750. The molecule has 0 fully saturated rings. The molecule has 0 spiro atoms. The molecule has 2 nitrogen and oxygen atoms in total. The van der Waals surface area contributed by atoms with E-state index in [0.717, 1.165) is 17.5 Å². The Morgan fingerprint density at radius 2 is 1.88 bits per heavy atom. The molecule has 2 heteroatoms. The van der Waals surface area contributed by atoms with Crippen molar-refractivity contribution in [2.24, 2.45) is 0 Å². The lowest BCUT2D eigenvalue weighted by molar-refractivity contribution is 0.521. The van der Waals surface area contributed by atoms with Gasteiger partial charge in [-0.15, -0.1) is 0 Å². The summed E-state index contributed by atoms with van der Waals surface area (Å²) in [5, 5.41) is 0. The molecule has 0 saturated carbocycles. The summed E-state index contributed by atoms with van der Waals surface area (Å²) in [6.07, 6.45) is 4.80. The summed E-state index contributed by atoms with van der Waals surface area (Å²) >= 11 is 0. The average molecular weight is 226 g/mol. The van der Waals surface area contributed by atoms with Gasteiger partial charge in [-0.3, -0.25) is 0 Å². The second-order valence-corrected chi connectivity index (χ2v) is 3.75. The van der Waals surface area contributed by atoms with Crippen LogP contribution >= 0.6 is 0 Å². The van der Waals surface area contributed by atoms with Crippen LogP contribution < -0.4 is 5.63 Å². The van der Waals surface area contributed by atoms with Crippen LogP contribution in [0.4, 0.5) is 0 Å². The van der Waals surface area contributed by atoms with E-state index in [0.29, 0.717) is 5.76 Å². The summed E-state index contributed by atoms with van der Waals surface area (Å²) in [6.45, 7) is 1.97. The van der Waals surface area contributed by atoms with Crippen molar-refractivity contribution in [3.8, 4) is 11.3 Å². The predicted octanol–water partition coefficient (Wildman–Crippen LogP) is 3.43. The van der Waals surface area contributed by atoms with Gasteiger partial charge >= 0.3 is 5.63 Å². The van der Waals surface area contributed by atoms with E-state index in [1.54, 1.807) is 0 Å². The number of rotatable bonds is 3. The molecule has 86 valence electrons. The molecule has 0 N–H and O–H groups in total. The second-order valence-electron chi connectivity index (χ2n) is 3.75. The summed E-state index contributed by atoms with van der Waals surface area (Å²) in [6, 6.07) is 13.0. The van der Waals surface area contributed by atoms with Crippen LogP contribution in [0.1, 0.15) is 12.5 Å². The average Bonchev–Trinajstić information content (AvgIpc) is 2.38. The van der Waals surface area contributed by atoms with Crippen molar-refractivity contribution in [3.63, 3.8) is 0 Å². The first-order chi connectivity index (χ1) is 8.31. The molecule has 0 aliphatic rings. The molecule has 1 aromatic heterocycles. The molecule has 2 rings (SSSR count). The number of benzene rings is 1. The highest BCUT2D eigenvalue weighted by Crippen LogP contribution is 2.22. The zero-order valence-corrected chi connectivity index (χ0v) is 9.72. The van der Waals surface area contributed by atoms with Crippen LogP contribution in [0.3, 0.4) is 0 Å². The van der Waals surface area contributed by atoms with Crippen LogP contribution in [0.25, 0.3) is 11.3 Å². The molecular weight excluding hydrogens is 212 g/mol. The highest BCUT2D eigenvalue weighted by Gasteiger charge is 2.07. The molecule has 0 atom stereocenters. The Labute approximate surface area is 100 Å². The van der Waals surface area contributed by atoms with Gasteiger partial charge in [-0.2, -0.15) is 0 Å². The second kappa shape index (κ2) is 5.30. The van der Waals surface area contributed by atoms with Crippen molar-refractivity contribution in [1.82, 2.24) is 0 Å². The van der Waals surface area contributed by atoms with Crippen LogP contribution in [-0.4, -0.2) is 0 Å². The van der Waals surface area contributed by atoms with Gasteiger partial charge in [0, 0.05) is 11.6 Å². The fourth-order valence-corrected chi connectivity index (χ4v) is 1.68. The van der Waals surface area contributed by atoms with E-state index in [1.807, 2.05) is 55.5 Å². The lowest BCUT2D eigenvalue weighted by atomic mass is 10.0. The van der Waals surface area contributed by atoms with Gasteiger partial charge in [-0.05, 0) is 25.0 Å². The van der Waals surface area contributed by atoms with Gasteiger partial charge in [-0.25, -0.2) is 4.79 Å². The fraction of sp³-hybridized carbons (Fsp3) is 0.133. The molecular formula is C15H14O2. The van der Waals surface area contributed by atoms with Gasteiger partial charge in [-0.1, -0.05) is 42.5 Å². The topological polar surface area (TPSA) is 30.2 Å². The minimum atomic E-state index is -0.312. The van der Waals surface area contributed by atoms with Crippen LogP contribution in [0.2, 0.25) is 0 Å². The standard InChI is InChI=1S/C15H14O2/c1-2-3-7-13-10-11-14(16)17-15(13)12-8-5-4-6-9-12/h2-6,8-11H,7H2,1H3/b3-2+. The van der Waals surface area contributed by atoms with Crippen LogP contribution in [0, 0.1) is 0 Å². The van der Waals surface area contributed by atoms with Gasteiger partial charge < -0.3 is 4.42 Å². The van der Waals surface area contributed by atoms with Gasteiger partial charge in [0.05, 0.1) is 0 Å². The van der Waals surface area contributed by atoms with Crippen molar-refractivity contribution in [1.29, 1.82) is 0 Å². The maximum Gasteiger partial charge on any atom is 0.336 e.